The van der Waals surface area contributed by atoms with Gasteiger partial charge in [0.1, 0.15) is 12.1 Å². The zero-order valence-corrected chi connectivity index (χ0v) is 25.3. The van der Waals surface area contributed by atoms with Gasteiger partial charge in [-0.2, -0.15) is 0 Å². The Kier molecular flexibility index (Phi) is 13.3. The highest BCUT2D eigenvalue weighted by molar-refractivity contribution is 5.98. The first kappa shape index (κ1) is 34.2. The van der Waals surface area contributed by atoms with Gasteiger partial charge in [-0.3, -0.25) is 19.2 Å². The molecule has 2 unspecified atom stereocenters. The summed E-state index contributed by atoms with van der Waals surface area (Å²) >= 11 is 0. The number of halogens is 1. The molecule has 3 aromatic rings. The van der Waals surface area contributed by atoms with Crippen molar-refractivity contribution in [2.45, 2.75) is 63.1 Å². The van der Waals surface area contributed by atoms with E-state index in [1.165, 1.54) is 0 Å². The summed E-state index contributed by atoms with van der Waals surface area (Å²) in [6, 6.07) is 26.6. The maximum atomic E-state index is 13.9. The molecule has 0 aliphatic carbocycles. The molecule has 4 atom stereocenters. The Bertz CT molecular complexity index is 1320. The smallest absolute Gasteiger partial charge is 0.253 e. The number of hydrogen-bond acceptors (Lipinski definition) is 6. The number of primary amides is 1. The average Bonchev–Trinajstić information content (AvgIpc) is 3.83. The third-order valence-corrected chi connectivity index (χ3v) is 7.26. The molecule has 0 bridgehead atoms. The van der Waals surface area contributed by atoms with Crippen LogP contribution in [-0.2, 0) is 43.4 Å². The van der Waals surface area contributed by atoms with E-state index in [0.29, 0.717) is 38.9 Å². The van der Waals surface area contributed by atoms with E-state index in [-0.39, 0.29) is 24.7 Å². The first-order chi connectivity index (χ1) is 20.9. The lowest BCUT2D eigenvalue weighted by atomic mass is 10.0. The molecule has 0 radical (unpaired) electrons. The predicted molar refractivity (Wildman–Crippen MR) is 169 cm³/mol. The van der Waals surface area contributed by atoms with Gasteiger partial charge >= 0.3 is 0 Å². The molecule has 4 rings (SSSR count). The Morgan fingerprint density at radius 2 is 1.16 bits per heavy atom. The largest absolute Gasteiger partial charge is 0.368 e. The van der Waals surface area contributed by atoms with Gasteiger partial charge in [-0.05, 0) is 42.5 Å². The first-order valence-electron chi connectivity index (χ1n) is 14.5. The summed E-state index contributed by atoms with van der Waals surface area (Å²) < 4.78 is 5.41. The topological polar surface area (TPSA) is 160 Å². The summed E-state index contributed by atoms with van der Waals surface area (Å²) in [5, 5.41) is 5.42. The number of nitrogens with zero attached hydrogens (tertiary/aromatic N) is 1. The molecule has 4 amide bonds. The number of benzene rings is 3. The summed E-state index contributed by atoms with van der Waals surface area (Å²) in [6.07, 6.45) is -0.243. The van der Waals surface area contributed by atoms with Gasteiger partial charge < -0.3 is 31.7 Å². The highest BCUT2D eigenvalue weighted by atomic mass is 35.5. The van der Waals surface area contributed by atoms with Gasteiger partial charge in [0.15, 0.2) is 12.2 Å². The number of carbonyl (C=O) groups is 4. The molecule has 1 heterocycles. The molecule has 0 spiro atoms. The fourth-order valence-corrected chi connectivity index (χ4v) is 4.88. The maximum absolute atomic E-state index is 13.9. The van der Waals surface area contributed by atoms with Gasteiger partial charge in [0.25, 0.3) is 11.8 Å². The zero-order chi connectivity index (χ0) is 30.6. The standard InChI is InChI=1S/C33H39N5O5.ClH/c34-19-11-10-18-26(33(42)38(21-24-14-6-2-7-15-24)22-25-16-8-3-9-17-25)36-31(40)28-29(43-28)32(41)37-27(30(35)39)20-23-12-4-1-5-13-23;/h1-9,12-17,26-29H,10-11,18-22,34H2,(H2,35,39)(H,36,40)(H,37,41);1H/t26-,27-,28?,29?;/m0./s1. The average molecular weight is 622 g/mol. The normalized spacial score (nSPS) is 16.5. The van der Waals surface area contributed by atoms with E-state index < -0.39 is 42.0 Å². The summed E-state index contributed by atoms with van der Waals surface area (Å²) in [7, 11) is 0. The van der Waals surface area contributed by atoms with Crippen LogP contribution in [0, 0.1) is 0 Å². The van der Waals surface area contributed by atoms with Crippen LogP contribution >= 0.6 is 12.4 Å². The summed E-state index contributed by atoms with van der Waals surface area (Å²) in [4.78, 5) is 53.7. The lowest BCUT2D eigenvalue weighted by Gasteiger charge is -2.28. The molecule has 44 heavy (non-hydrogen) atoms. The SMILES string of the molecule is Cl.NCCCC[C@H](NC(=O)C1OC1C(=O)N[C@@H](Cc1ccccc1)C(N)=O)C(=O)N(Cc1ccccc1)Cc1ccccc1. The quantitative estimate of drug-likeness (QED) is 0.142. The van der Waals surface area contributed by atoms with E-state index in [9.17, 15) is 19.2 Å². The van der Waals surface area contributed by atoms with Gasteiger partial charge in [0, 0.05) is 19.5 Å². The number of carbonyl (C=O) groups excluding carboxylic acids is 4. The van der Waals surface area contributed by atoms with Gasteiger partial charge in [-0.1, -0.05) is 91.0 Å². The molecule has 1 saturated heterocycles. The van der Waals surface area contributed by atoms with Crippen molar-refractivity contribution in [1.82, 2.24) is 15.5 Å². The van der Waals surface area contributed by atoms with Crippen LogP contribution in [0.4, 0.5) is 0 Å². The molecule has 1 fully saturated rings. The lowest BCUT2D eigenvalue weighted by molar-refractivity contribution is -0.138. The van der Waals surface area contributed by atoms with E-state index in [2.05, 4.69) is 10.6 Å². The molecule has 1 aliphatic rings. The van der Waals surface area contributed by atoms with Crippen LogP contribution in [0.25, 0.3) is 0 Å². The second-order valence-corrected chi connectivity index (χ2v) is 10.6. The van der Waals surface area contributed by atoms with Crippen molar-refractivity contribution in [3.63, 3.8) is 0 Å². The number of nitrogens with one attached hydrogen (secondary N) is 2. The third-order valence-electron chi connectivity index (χ3n) is 7.26. The minimum atomic E-state index is -1.08. The van der Waals surface area contributed by atoms with Crippen molar-refractivity contribution < 1.29 is 23.9 Å². The van der Waals surface area contributed by atoms with Gasteiger partial charge in [-0.25, -0.2) is 0 Å². The molecular weight excluding hydrogens is 582 g/mol. The van der Waals surface area contributed by atoms with Gasteiger partial charge in [-0.15, -0.1) is 12.4 Å². The van der Waals surface area contributed by atoms with E-state index in [1.54, 1.807) is 4.90 Å². The van der Waals surface area contributed by atoms with Crippen LogP contribution in [0.15, 0.2) is 91.0 Å². The van der Waals surface area contributed by atoms with Crippen LogP contribution < -0.4 is 22.1 Å². The first-order valence-corrected chi connectivity index (χ1v) is 14.5. The molecule has 10 nitrogen and oxygen atoms in total. The molecular formula is C33H40ClN5O5. The molecule has 6 N–H and O–H groups in total. The summed E-state index contributed by atoms with van der Waals surface area (Å²) in [5.41, 5.74) is 14.0. The molecule has 0 aromatic heterocycles. The minimum Gasteiger partial charge on any atom is -0.368 e. The van der Waals surface area contributed by atoms with Crippen molar-refractivity contribution in [3.8, 4) is 0 Å². The molecule has 234 valence electrons. The predicted octanol–water partition coefficient (Wildman–Crippen LogP) is 2.23. The monoisotopic (exact) mass is 621 g/mol. The van der Waals surface area contributed by atoms with Crippen LogP contribution in [0.1, 0.15) is 36.0 Å². The van der Waals surface area contributed by atoms with Crippen LogP contribution in [0.2, 0.25) is 0 Å². The third kappa shape index (κ3) is 10.2. The second kappa shape index (κ2) is 17.1. The summed E-state index contributed by atoms with van der Waals surface area (Å²) in [5.74, 6) is -2.11. The Morgan fingerprint density at radius 1 is 0.705 bits per heavy atom. The molecule has 1 aliphatic heterocycles. The highest BCUT2D eigenvalue weighted by Crippen LogP contribution is 2.24. The van der Waals surface area contributed by atoms with Crippen LogP contribution in [-0.4, -0.2) is 59.4 Å². The van der Waals surface area contributed by atoms with E-state index in [1.807, 2.05) is 91.0 Å². The Hall–Kier alpha value is -4.25. The Labute approximate surface area is 263 Å². The Balaban J connectivity index is 0.00000529. The van der Waals surface area contributed by atoms with Gasteiger partial charge in [0.2, 0.25) is 11.8 Å². The number of hydrogen-bond donors (Lipinski definition) is 4. The Morgan fingerprint density at radius 3 is 1.61 bits per heavy atom. The number of amides is 4. The van der Waals surface area contributed by atoms with E-state index in [0.717, 1.165) is 16.7 Å². The molecule has 11 heteroatoms. The van der Waals surface area contributed by atoms with Crippen molar-refractivity contribution in [3.05, 3.63) is 108 Å². The van der Waals surface area contributed by atoms with Crippen LogP contribution in [0.5, 0.6) is 0 Å². The highest BCUT2D eigenvalue weighted by Gasteiger charge is 2.51. The molecule has 0 saturated carbocycles. The van der Waals surface area contributed by atoms with Gasteiger partial charge in [0.05, 0.1) is 0 Å². The maximum Gasteiger partial charge on any atom is 0.253 e. The number of ether oxygens (including phenoxy) is 1. The van der Waals surface area contributed by atoms with Crippen molar-refractivity contribution >= 4 is 36.0 Å². The number of rotatable bonds is 16. The fraction of sp³-hybridized carbons (Fsp3) is 0.333. The molecule has 3 aromatic carbocycles. The van der Waals surface area contributed by atoms with Crippen LogP contribution in [0.3, 0.4) is 0 Å². The number of nitrogens with two attached hydrogens (primary N) is 2. The van der Waals surface area contributed by atoms with Crippen molar-refractivity contribution in [2.24, 2.45) is 11.5 Å². The minimum absolute atomic E-state index is 0. The summed E-state index contributed by atoms with van der Waals surface area (Å²) in [6.45, 7) is 1.18. The van der Waals surface area contributed by atoms with Crippen molar-refractivity contribution in [2.75, 3.05) is 6.54 Å². The fourth-order valence-electron chi connectivity index (χ4n) is 4.88. The second-order valence-electron chi connectivity index (χ2n) is 10.6. The van der Waals surface area contributed by atoms with E-state index >= 15 is 0 Å². The number of unbranched alkanes of at least 4 members (excludes halogenated alkanes) is 1. The zero-order valence-electron chi connectivity index (χ0n) is 24.5. The van der Waals surface area contributed by atoms with Crippen molar-refractivity contribution in [1.29, 1.82) is 0 Å². The van der Waals surface area contributed by atoms with E-state index in [4.69, 9.17) is 16.2 Å². The number of epoxide rings is 1. The lowest BCUT2D eigenvalue weighted by Crippen LogP contribution is -2.50.